The third-order valence-corrected chi connectivity index (χ3v) is 3.31. The van der Waals surface area contributed by atoms with Gasteiger partial charge in [-0.2, -0.15) is 0 Å². The van der Waals surface area contributed by atoms with E-state index in [1.165, 1.54) is 0 Å². The fourth-order valence-corrected chi connectivity index (χ4v) is 2.21. The number of aromatic nitrogens is 1. The number of nitrogens with one attached hydrogen (secondary N) is 3. The van der Waals surface area contributed by atoms with Crippen LogP contribution >= 0.6 is 11.6 Å². The lowest BCUT2D eigenvalue weighted by Gasteiger charge is -2.22. The van der Waals surface area contributed by atoms with Crippen molar-refractivity contribution in [3.8, 4) is 0 Å². The van der Waals surface area contributed by atoms with E-state index in [2.05, 4.69) is 20.9 Å². The first-order chi connectivity index (χ1) is 9.61. The average molecular weight is 297 g/mol. The zero-order valence-electron chi connectivity index (χ0n) is 11.2. The maximum Gasteiger partial charge on any atom is 0.272 e. The molecule has 7 heteroatoms. The van der Waals surface area contributed by atoms with Crippen LogP contribution in [-0.4, -0.2) is 35.9 Å². The van der Waals surface area contributed by atoms with Gasteiger partial charge in [0, 0.05) is 13.1 Å². The van der Waals surface area contributed by atoms with Crippen LogP contribution in [0.4, 0.5) is 5.82 Å². The summed E-state index contributed by atoms with van der Waals surface area (Å²) in [6.07, 6.45) is 1.47. The minimum atomic E-state index is -0.517. The summed E-state index contributed by atoms with van der Waals surface area (Å²) in [5.41, 5.74) is 0.128. The summed E-state index contributed by atoms with van der Waals surface area (Å²) >= 11 is 5.99. The number of anilines is 1. The van der Waals surface area contributed by atoms with Crippen molar-refractivity contribution in [3.05, 3.63) is 22.8 Å². The first-order valence-corrected chi connectivity index (χ1v) is 6.98. The molecule has 6 nitrogen and oxygen atoms in total. The van der Waals surface area contributed by atoms with Crippen LogP contribution in [0, 0.1) is 0 Å². The summed E-state index contributed by atoms with van der Waals surface area (Å²) in [5, 5.41) is 8.66. The van der Waals surface area contributed by atoms with Gasteiger partial charge in [0.25, 0.3) is 5.91 Å². The molecule has 1 fully saturated rings. The van der Waals surface area contributed by atoms with Crippen LogP contribution in [0.2, 0.25) is 5.02 Å². The summed E-state index contributed by atoms with van der Waals surface area (Å²) in [7, 11) is 0. The molecule has 0 saturated carbocycles. The van der Waals surface area contributed by atoms with Crippen molar-refractivity contribution in [3.63, 3.8) is 0 Å². The molecular formula is C13H17ClN4O2. The largest absolute Gasteiger partial charge is 0.370 e. The molecule has 1 aromatic rings. The standard InChI is InChI=1S/C13H17ClN4O2/c1-2-15-10-6-5-8(14)11(18-10)13(20)17-9-4-3-7-16-12(9)19/h5-6,9H,2-4,7H2,1H3,(H,15,18)(H,16,19)(H,17,20). The molecule has 1 atom stereocenters. The van der Waals surface area contributed by atoms with E-state index in [4.69, 9.17) is 11.6 Å². The van der Waals surface area contributed by atoms with Gasteiger partial charge in [0.1, 0.15) is 17.6 Å². The highest BCUT2D eigenvalue weighted by atomic mass is 35.5. The van der Waals surface area contributed by atoms with Gasteiger partial charge in [-0.05, 0) is 31.9 Å². The number of hydrogen-bond acceptors (Lipinski definition) is 4. The predicted octanol–water partition coefficient (Wildman–Crippen LogP) is 1.18. The number of pyridine rings is 1. The smallest absolute Gasteiger partial charge is 0.272 e. The third-order valence-electron chi connectivity index (χ3n) is 3.01. The van der Waals surface area contributed by atoms with Gasteiger partial charge in [0.2, 0.25) is 5.91 Å². The molecule has 0 spiro atoms. The third kappa shape index (κ3) is 3.39. The van der Waals surface area contributed by atoms with Gasteiger partial charge in [-0.15, -0.1) is 0 Å². The van der Waals surface area contributed by atoms with E-state index in [9.17, 15) is 9.59 Å². The lowest BCUT2D eigenvalue weighted by molar-refractivity contribution is -0.124. The number of halogens is 1. The van der Waals surface area contributed by atoms with Crippen LogP contribution in [0.3, 0.4) is 0 Å². The number of carbonyl (C=O) groups is 2. The van der Waals surface area contributed by atoms with Crippen LogP contribution in [0.15, 0.2) is 12.1 Å². The van der Waals surface area contributed by atoms with Crippen LogP contribution in [-0.2, 0) is 4.79 Å². The molecule has 3 N–H and O–H groups in total. The highest BCUT2D eigenvalue weighted by Gasteiger charge is 2.25. The molecule has 1 aliphatic heterocycles. The molecule has 0 aromatic carbocycles. The zero-order valence-corrected chi connectivity index (χ0v) is 12.0. The van der Waals surface area contributed by atoms with Crippen molar-refractivity contribution in [2.24, 2.45) is 0 Å². The molecule has 1 aliphatic rings. The molecule has 1 aromatic heterocycles. The highest BCUT2D eigenvalue weighted by molar-refractivity contribution is 6.33. The van der Waals surface area contributed by atoms with E-state index < -0.39 is 11.9 Å². The monoisotopic (exact) mass is 296 g/mol. The van der Waals surface area contributed by atoms with Crippen LogP contribution in [0.25, 0.3) is 0 Å². The van der Waals surface area contributed by atoms with Crippen molar-refractivity contribution in [2.45, 2.75) is 25.8 Å². The lowest BCUT2D eigenvalue weighted by Crippen LogP contribution is -2.50. The molecule has 20 heavy (non-hydrogen) atoms. The molecule has 2 rings (SSSR count). The number of rotatable bonds is 4. The van der Waals surface area contributed by atoms with Gasteiger partial charge in [-0.3, -0.25) is 9.59 Å². The van der Waals surface area contributed by atoms with E-state index in [-0.39, 0.29) is 16.6 Å². The van der Waals surface area contributed by atoms with Crippen molar-refractivity contribution < 1.29 is 9.59 Å². The Kier molecular flexibility index (Phi) is 4.79. The number of piperidine rings is 1. The molecule has 108 valence electrons. The van der Waals surface area contributed by atoms with Gasteiger partial charge >= 0.3 is 0 Å². The fraction of sp³-hybridized carbons (Fsp3) is 0.462. The van der Waals surface area contributed by atoms with E-state index in [1.54, 1.807) is 12.1 Å². The predicted molar refractivity (Wildman–Crippen MR) is 76.9 cm³/mol. The second-order valence-corrected chi connectivity index (χ2v) is 4.92. The minimum Gasteiger partial charge on any atom is -0.370 e. The van der Waals surface area contributed by atoms with Gasteiger partial charge in [-0.1, -0.05) is 11.6 Å². The molecule has 2 amide bonds. The Morgan fingerprint density at radius 3 is 3.05 bits per heavy atom. The summed E-state index contributed by atoms with van der Waals surface area (Å²) in [4.78, 5) is 28.0. The SMILES string of the molecule is CCNc1ccc(Cl)c(C(=O)NC2CCCNC2=O)n1. The van der Waals surface area contributed by atoms with Crippen LogP contribution < -0.4 is 16.0 Å². The van der Waals surface area contributed by atoms with Crippen molar-refractivity contribution in [1.29, 1.82) is 0 Å². The number of carbonyl (C=O) groups excluding carboxylic acids is 2. The Morgan fingerprint density at radius 2 is 2.35 bits per heavy atom. The Morgan fingerprint density at radius 1 is 1.55 bits per heavy atom. The average Bonchev–Trinajstić information content (AvgIpc) is 2.43. The summed E-state index contributed by atoms with van der Waals surface area (Å²) < 4.78 is 0. The van der Waals surface area contributed by atoms with E-state index in [0.717, 1.165) is 6.42 Å². The van der Waals surface area contributed by atoms with Gasteiger partial charge in [0.05, 0.1) is 5.02 Å². The Hall–Kier alpha value is -1.82. The lowest BCUT2D eigenvalue weighted by atomic mass is 10.1. The summed E-state index contributed by atoms with van der Waals surface area (Å²) in [6.45, 7) is 3.28. The van der Waals surface area contributed by atoms with E-state index >= 15 is 0 Å². The van der Waals surface area contributed by atoms with E-state index in [0.29, 0.717) is 25.3 Å². The summed E-state index contributed by atoms with van der Waals surface area (Å²) in [6, 6.07) is 2.80. The first kappa shape index (κ1) is 14.6. The zero-order chi connectivity index (χ0) is 14.5. The summed E-state index contributed by atoms with van der Waals surface area (Å²) in [5.74, 6) is -0.0180. The second kappa shape index (κ2) is 6.56. The molecule has 0 bridgehead atoms. The normalized spacial score (nSPS) is 18.3. The molecule has 0 aliphatic carbocycles. The Bertz CT molecular complexity index is 521. The minimum absolute atomic E-state index is 0.128. The highest BCUT2D eigenvalue weighted by Crippen LogP contribution is 2.17. The second-order valence-electron chi connectivity index (χ2n) is 4.52. The Balaban J connectivity index is 2.11. The molecule has 2 heterocycles. The van der Waals surface area contributed by atoms with Crippen molar-refractivity contribution >= 4 is 29.2 Å². The van der Waals surface area contributed by atoms with Gasteiger partial charge < -0.3 is 16.0 Å². The first-order valence-electron chi connectivity index (χ1n) is 6.60. The van der Waals surface area contributed by atoms with Crippen molar-refractivity contribution in [1.82, 2.24) is 15.6 Å². The topological polar surface area (TPSA) is 83.1 Å². The molecule has 1 saturated heterocycles. The molecule has 0 radical (unpaired) electrons. The fourth-order valence-electron chi connectivity index (χ4n) is 2.02. The van der Waals surface area contributed by atoms with Crippen molar-refractivity contribution in [2.75, 3.05) is 18.4 Å². The maximum absolute atomic E-state index is 12.2. The number of amides is 2. The Labute approximate surface area is 122 Å². The van der Waals surface area contributed by atoms with Gasteiger partial charge in [0.15, 0.2) is 0 Å². The van der Waals surface area contributed by atoms with E-state index in [1.807, 2.05) is 6.92 Å². The van der Waals surface area contributed by atoms with Crippen LogP contribution in [0.1, 0.15) is 30.3 Å². The maximum atomic E-state index is 12.2. The van der Waals surface area contributed by atoms with Gasteiger partial charge in [-0.25, -0.2) is 4.98 Å². The molecule has 1 unspecified atom stereocenters. The quantitative estimate of drug-likeness (QED) is 0.779. The van der Waals surface area contributed by atoms with Crippen LogP contribution in [0.5, 0.6) is 0 Å². The molecular weight excluding hydrogens is 280 g/mol. The number of hydrogen-bond donors (Lipinski definition) is 3. The number of nitrogens with zero attached hydrogens (tertiary/aromatic N) is 1.